The van der Waals surface area contributed by atoms with E-state index < -0.39 is 26.8 Å². The van der Waals surface area contributed by atoms with Gasteiger partial charge in [-0.05, 0) is 72.0 Å². The molecule has 3 aromatic rings. The SMILES string of the molecule is O=S(=O)(Nc1ccc(Cl)c(C(F)(F)F)c1)c1ccc2c(c1)[C@H]1C=CC[C@H]1[C@@H](c1ccc(OC3CSC3)cc1)N2. The number of nitrogens with one attached hydrogen (secondary N) is 2. The molecule has 1 saturated heterocycles. The van der Waals surface area contributed by atoms with Gasteiger partial charge in [0.05, 0.1) is 21.5 Å². The minimum absolute atomic E-state index is 0.00306. The van der Waals surface area contributed by atoms with Gasteiger partial charge in [0.2, 0.25) is 0 Å². The third-order valence-corrected chi connectivity index (χ3v) is 10.2. The second-order valence-electron chi connectivity index (χ2n) is 9.87. The van der Waals surface area contributed by atoms with Crippen LogP contribution in [0.2, 0.25) is 5.02 Å². The molecule has 6 rings (SSSR count). The number of thioether (sulfide) groups is 1. The highest BCUT2D eigenvalue weighted by Crippen LogP contribution is 2.50. The van der Waals surface area contributed by atoms with Gasteiger partial charge in [-0.15, -0.1) is 0 Å². The van der Waals surface area contributed by atoms with Gasteiger partial charge in [-0.1, -0.05) is 35.9 Å². The molecule has 0 saturated carbocycles. The lowest BCUT2D eigenvalue weighted by atomic mass is 9.77. The van der Waals surface area contributed by atoms with E-state index in [0.717, 1.165) is 46.6 Å². The fourth-order valence-corrected chi connectivity index (χ4v) is 7.19. The van der Waals surface area contributed by atoms with Crippen molar-refractivity contribution in [2.24, 2.45) is 5.92 Å². The molecule has 0 unspecified atom stereocenters. The minimum atomic E-state index is -4.71. The molecule has 0 spiro atoms. The Balaban J connectivity index is 1.25. The molecule has 39 heavy (non-hydrogen) atoms. The minimum Gasteiger partial charge on any atom is -0.489 e. The van der Waals surface area contributed by atoms with Gasteiger partial charge >= 0.3 is 6.18 Å². The second-order valence-corrected chi connectivity index (χ2v) is 13.0. The average Bonchev–Trinajstić information content (AvgIpc) is 3.37. The summed E-state index contributed by atoms with van der Waals surface area (Å²) >= 11 is 7.54. The maximum Gasteiger partial charge on any atom is 0.417 e. The van der Waals surface area contributed by atoms with Crippen LogP contribution < -0.4 is 14.8 Å². The number of alkyl halides is 3. The van der Waals surface area contributed by atoms with Crippen LogP contribution in [0.1, 0.15) is 35.1 Å². The Morgan fingerprint density at radius 2 is 1.79 bits per heavy atom. The Hall–Kier alpha value is -2.82. The standard InChI is InChI=1S/C28H24ClF3N2O3S2/c29-25-10-6-17(12-24(25)28(30,31)32)34-39(35,36)20-9-11-26-23(13-20)21-2-1-3-22(21)27(33-26)16-4-7-18(8-5-16)37-19-14-38-15-19/h1-2,4-13,19,21-22,27,33-34H,3,14-15H2/t21-,22+,27+/m0/s1. The first-order chi connectivity index (χ1) is 18.6. The van der Waals surface area contributed by atoms with Gasteiger partial charge in [0.15, 0.2) is 0 Å². The van der Waals surface area contributed by atoms with Crippen LogP contribution in [0.3, 0.4) is 0 Å². The van der Waals surface area contributed by atoms with Gasteiger partial charge in [-0.3, -0.25) is 4.72 Å². The predicted octanol–water partition coefficient (Wildman–Crippen LogP) is 7.48. The molecule has 2 aliphatic heterocycles. The van der Waals surface area contributed by atoms with Crippen molar-refractivity contribution >= 4 is 44.8 Å². The number of halogens is 4. The first kappa shape index (κ1) is 26.4. The summed E-state index contributed by atoms with van der Waals surface area (Å²) in [6.07, 6.45) is 0.604. The molecular weight excluding hydrogens is 569 g/mol. The van der Waals surface area contributed by atoms with Crippen LogP contribution in [0.5, 0.6) is 5.75 Å². The van der Waals surface area contributed by atoms with E-state index in [-0.39, 0.29) is 34.6 Å². The summed E-state index contributed by atoms with van der Waals surface area (Å²) in [5.41, 5.74) is 1.46. The lowest BCUT2D eigenvalue weighted by Crippen LogP contribution is -2.31. The van der Waals surface area contributed by atoms with Crippen molar-refractivity contribution in [1.29, 1.82) is 0 Å². The number of allylic oxidation sites excluding steroid dienone is 2. The largest absolute Gasteiger partial charge is 0.489 e. The van der Waals surface area contributed by atoms with Crippen LogP contribution in [0.25, 0.3) is 0 Å². The first-order valence-corrected chi connectivity index (χ1v) is 15.4. The summed E-state index contributed by atoms with van der Waals surface area (Å²) < 4.78 is 74.3. The molecule has 3 aromatic carbocycles. The number of fused-ring (bicyclic) bond motifs is 3. The number of anilines is 2. The number of hydrogen-bond donors (Lipinski definition) is 2. The van der Waals surface area contributed by atoms with Crippen LogP contribution in [0.4, 0.5) is 24.5 Å². The Bertz CT molecular complexity index is 1540. The molecule has 204 valence electrons. The highest BCUT2D eigenvalue weighted by Gasteiger charge is 2.39. The Morgan fingerprint density at radius 3 is 2.49 bits per heavy atom. The summed E-state index contributed by atoms with van der Waals surface area (Å²) in [6, 6.07) is 15.9. The highest BCUT2D eigenvalue weighted by molar-refractivity contribution is 8.00. The molecule has 0 aromatic heterocycles. The van der Waals surface area contributed by atoms with Crippen molar-refractivity contribution < 1.29 is 26.3 Å². The fourth-order valence-electron chi connectivity index (χ4n) is 5.32. The zero-order valence-electron chi connectivity index (χ0n) is 20.4. The molecular formula is C28H24ClF3N2O3S2. The van der Waals surface area contributed by atoms with Gasteiger partial charge in [-0.25, -0.2) is 8.42 Å². The number of rotatable bonds is 6. The van der Waals surface area contributed by atoms with E-state index in [4.69, 9.17) is 16.3 Å². The van der Waals surface area contributed by atoms with E-state index >= 15 is 0 Å². The van der Waals surface area contributed by atoms with Crippen LogP contribution in [-0.2, 0) is 16.2 Å². The lowest BCUT2D eigenvalue weighted by Gasteiger charge is -2.38. The topological polar surface area (TPSA) is 67.4 Å². The highest BCUT2D eigenvalue weighted by atomic mass is 35.5. The molecule has 0 bridgehead atoms. The molecule has 1 aliphatic carbocycles. The number of ether oxygens (including phenoxy) is 1. The summed E-state index contributed by atoms with van der Waals surface area (Å²) in [5.74, 6) is 3.06. The second kappa shape index (κ2) is 9.98. The van der Waals surface area contributed by atoms with Crippen molar-refractivity contribution in [3.05, 3.63) is 94.5 Å². The number of hydrogen-bond acceptors (Lipinski definition) is 5. The van der Waals surface area contributed by atoms with E-state index in [1.807, 2.05) is 23.9 Å². The summed E-state index contributed by atoms with van der Waals surface area (Å²) in [5, 5.41) is 3.09. The normalized spacial score (nSPS) is 22.4. The first-order valence-electron chi connectivity index (χ1n) is 12.4. The monoisotopic (exact) mass is 592 g/mol. The molecule has 5 nitrogen and oxygen atoms in total. The average molecular weight is 593 g/mol. The van der Waals surface area contributed by atoms with Crippen LogP contribution in [0, 0.1) is 5.92 Å². The van der Waals surface area contributed by atoms with Gasteiger partial charge < -0.3 is 10.1 Å². The number of benzene rings is 3. The zero-order chi connectivity index (χ0) is 27.4. The predicted molar refractivity (Wildman–Crippen MR) is 148 cm³/mol. The summed E-state index contributed by atoms with van der Waals surface area (Å²) in [4.78, 5) is -0.0280. The van der Waals surface area contributed by atoms with E-state index in [1.54, 1.807) is 12.1 Å². The van der Waals surface area contributed by atoms with Crippen molar-refractivity contribution in [3.63, 3.8) is 0 Å². The van der Waals surface area contributed by atoms with Crippen molar-refractivity contribution in [1.82, 2.24) is 0 Å². The summed E-state index contributed by atoms with van der Waals surface area (Å²) in [6.45, 7) is 0. The Morgan fingerprint density at radius 1 is 1.03 bits per heavy atom. The smallest absolute Gasteiger partial charge is 0.417 e. The lowest BCUT2D eigenvalue weighted by molar-refractivity contribution is -0.137. The maximum absolute atomic E-state index is 13.3. The quantitative estimate of drug-likeness (QED) is 0.291. The van der Waals surface area contributed by atoms with Crippen molar-refractivity contribution in [2.75, 3.05) is 21.5 Å². The van der Waals surface area contributed by atoms with Crippen LogP contribution in [0.15, 0.2) is 77.7 Å². The van der Waals surface area contributed by atoms with Crippen LogP contribution in [-0.4, -0.2) is 26.0 Å². The molecule has 3 aliphatic rings. The molecule has 1 fully saturated rings. The van der Waals surface area contributed by atoms with Crippen LogP contribution >= 0.6 is 23.4 Å². The molecule has 0 amide bonds. The molecule has 3 atom stereocenters. The third-order valence-electron chi connectivity index (χ3n) is 7.32. The van der Waals surface area contributed by atoms with Crippen molar-refractivity contribution in [3.8, 4) is 5.75 Å². The molecule has 2 heterocycles. The Kier molecular flexibility index (Phi) is 6.76. The van der Waals surface area contributed by atoms with Gasteiger partial charge in [0.1, 0.15) is 11.9 Å². The van der Waals surface area contributed by atoms with Gasteiger partial charge in [0, 0.05) is 28.8 Å². The third kappa shape index (κ3) is 5.21. The van der Waals surface area contributed by atoms with E-state index in [0.29, 0.717) is 6.07 Å². The van der Waals surface area contributed by atoms with Gasteiger partial charge in [-0.2, -0.15) is 24.9 Å². The molecule has 2 N–H and O–H groups in total. The van der Waals surface area contributed by atoms with E-state index in [1.165, 1.54) is 12.1 Å². The maximum atomic E-state index is 13.3. The summed E-state index contributed by atoms with van der Waals surface area (Å²) in [7, 11) is -4.16. The van der Waals surface area contributed by atoms with Gasteiger partial charge in [0.25, 0.3) is 10.0 Å². The van der Waals surface area contributed by atoms with E-state index in [9.17, 15) is 21.6 Å². The zero-order valence-corrected chi connectivity index (χ0v) is 22.8. The van der Waals surface area contributed by atoms with E-state index in [2.05, 4.69) is 34.3 Å². The number of sulfonamides is 1. The fraction of sp³-hybridized carbons (Fsp3) is 0.286. The van der Waals surface area contributed by atoms with Crippen molar-refractivity contribution in [2.45, 2.75) is 35.6 Å². The molecule has 11 heteroatoms. The Labute approximate surface area is 233 Å². The molecule has 0 radical (unpaired) electrons.